The zero-order chi connectivity index (χ0) is 15.6. The normalized spacial score (nSPS) is 17.5. The van der Waals surface area contributed by atoms with E-state index < -0.39 is 0 Å². The number of rotatable bonds is 9. The molecule has 132 valence electrons. The number of carbonyl (C=O) groups is 1. The number of amides is 1. The number of halogens is 1. The Bertz CT molecular complexity index is 447. The summed E-state index contributed by atoms with van der Waals surface area (Å²) in [7, 11) is 0. The smallest absolute Gasteiger partial charge is 0.271 e. The summed E-state index contributed by atoms with van der Waals surface area (Å²) in [5, 5.41) is 10.7. The molecule has 2 rings (SSSR count). The Kier molecular flexibility index (Phi) is 9.91. The third kappa shape index (κ3) is 6.89. The van der Waals surface area contributed by atoms with Crippen LogP contribution < -0.4 is 10.6 Å². The summed E-state index contributed by atoms with van der Waals surface area (Å²) in [4.78, 5) is 12.0. The molecule has 2 N–H and O–H groups in total. The molecule has 23 heavy (non-hydrogen) atoms. The maximum absolute atomic E-state index is 12.0. The van der Waals surface area contributed by atoms with Crippen molar-refractivity contribution in [3.63, 3.8) is 0 Å². The van der Waals surface area contributed by atoms with E-state index in [0.717, 1.165) is 51.8 Å². The molecule has 1 aromatic heterocycles. The lowest BCUT2D eigenvalue weighted by atomic mass is 10.1. The minimum absolute atomic E-state index is 0. The molecule has 0 spiro atoms. The monoisotopic (exact) mass is 344 g/mol. The van der Waals surface area contributed by atoms with Crippen LogP contribution in [-0.4, -0.2) is 48.5 Å². The van der Waals surface area contributed by atoms with E-state index in [1.54, 1.807) is 6.07 Å². The molecule has 1 fully saturated rings. The number of piperidine rings is 1. The molecule has 7 heteroatoms. The first-order valence-corrected chi connectivity index (χ1v) is 8.43. The van der Waals surface area contributed by atoms with Crippen molar-refractivity contribution >= 4 is 18.3 Å². The molecule has 0 radical (unpaired) electrons. The average molecular weight is 345 g/mol. The zero-order valence-electron chi connectivity index (χ0n) is 13.9. The van der Waals surface area contributed by atoms with Gasteiger partial charge >= 0.3 is 0 Å². The van der Waals surface area contributed by atoms with Crippen molar-refractivity contribution < 1.29 is 9.53 Å². The number of ether oxygens (including phenoxy) is 1. The minimum Gasteiger partial charge on any atom is -0.381 e. The maximum Gasteiger partial charge on any atom is 0.271 e. The summed E-state index contributed by atoms with van der Waals surface area (Å²) < 4.78 is 7.38. The van der Waals surface area contributed by atoms with E-state index in [2.05, 4.69) is 22.7 Å². The van der Waals surface area contributed by atoms with Crippen molar-refractivity contribution in [2.24, 2.45) is 0 Å². The summed E-state index contributed by atoms with van der Waals surface area (Å²) in [6.07, 6.45) is 7.26. The SMILES string of the molecule is CCCCOCCCNC(=O)c1ccn(C2CCCNC2)n1.Cl. The zero-order valence-corrected chi connectivity index (χ0v) is 14.7. The fraction of sp³-hybridized carbons (Fsp3) is 0.750. The molecule has 2 heterocycles. The lowest BCUT2D eigenvalue weighted by Crippen LogP contribution is -2.32. The van der Waals surface area contributed by atoms with Gasteiger partial charge in [0.05, 0.1) is 6.04 Å². The standard InChI is InChI=1S/C16H28N4O2.ClH/c1-2-3-11-22-12-5-9-18-16(21)15-7-10-20(19-15)14-6-4-8-17-13-14;/h7,10,14,17H,2-6,8-9,11-13H2,1H3,(H,18,21);1H. The highest BCUT2D eigenvalue weighted by Crippen LogP contribution is 2.15. The lowest BCUT2D eigenvalue weighted by Gasteiger charge is -2.22. The van der Waals surface area contributed by atoms with Crippen molar-refractivity contribution in [3.05, 3.63) is 18.0 Å². The van der Waals surface area contributed by atoms with Crippen molar-refractivity contribution in [3.8, 4) is 0 Å². The van der Waals surface area contributed by atoms with Gasteiger partial charge in [-0.2, -0.15) is 5.10 Å². The predicted octanol–water partition coefficient (Wildman–Crippen LogP) is 2.17. The van der Waals surface area contributed by atoms with Gasteiger partial charge in [0.2, 0.25) is 0 Å². The van der Waals surface area contributed by atoms with Crippen LogP contribution in [0.15, 0.2) is 12.3 Å². The number of carbonyl (C=O) groups excluding carboxylic acids is 1. The lowest BCUT2D eigenvalue weighted by molar-refractivity contribution is 0.0934. The van der Waals surface area contributed by atoms with Gasteiger partial charge in [0.25, 0.3) is 5.91 Å². The van der Waals surface area contributed by atoms with Crippen LogP contribution in [0.25, 0.3) is 0 Å². The number of hydrogen-bond acceptors (Lipinski definition) is 4. The first-order valence-electron chi connectivity index (χ1n) is 8.43. The van der Waals surface area contributed by atoms with Gasteiger partial charge in [-0.1, -0.05) is 13.3 Å². The van der Waals surface area contributed by atoms with E-state index in [1.165, 1.54) is 0 Å². The first-order chi connectivity index (χ1) is 10.8. The predicted molar refractivity (Wildman–Crippen MR) is 93.3 cm³/mol. The molecule has 1 saturated heterocycles. The summed E-state index contributed by atoms with van der Waals surface area (Å²) in [6.45, 7) is 6.28. The van der Waals surface area contributed by atoms with E-state index in [-0.39, 0.29) is 18.3 Å². The van der Waals surface area contributed by atoms with Crippen molar-refractivity contribution in [2.45, 2.75) is 45.1 Å². The molecule has 1 atom stereocenters. The Morgan fingerprint density at radius 1 is 1.48 bits per heavy atom. The van der Waals surface area contributed by atoms with Gasteiger partial charge < -0.3 is 15.4 Å². The second-order valence-electron chi connectivity index (χ2n) is 5.76. The molecular weight excluding hydrogens is 316 g/mol. The second kappa shape index (κ2) is 11.4. The fourth-order valence-corrected chi connectivity index (χ4v) is 2.54. The van der Waals surface area contributed by atoms with Crippen LogP contribution in [0.3, 0.4) is 0 Å². The van der Waals surface area contributed by atoms with Crippen LogP contribution in [0.4, 0.5) is 0 Å². The van der Waals surface area contributed by atoms with Crippen LogP contribution >= 0.6 is 12.4 Å². The second-order valence-corrected chi connectivity index (χ2v) is 5.76. The number of nitrogens with one attached hydrogen (secondary N) is 2. The van der Waals surface area contributed by atoms with Gasteiger partial charge in [-0.3, -0.25) is 9.48 Å². The molecule has 1 unspecified atom stereocenters. The van der Waals surface area contributed by atoms with Gasteiger partial charge in [-0.05, 0) is 38.3 Å². The topological polar surface area (TPSA) is 68.2 Å². The first kappa shape index (κ1) is 19.9. The highest BCUT2D eigenvalue weighted by molar-refractivity contribution is 5.92. The summed E-state index contributed by atoms with van der Waals surface area (Å²) in [5.74, 6) is -0.101. The van der Waals surface area contributed by atoms with Crippen molar-refractivity contribution in [1.82, 2.24) is 20.4 Å². The van der Waals surface area contributed by atoms with Gasteiger partial charge in [-0.25, -0.2) is 0 Å². The summed E-state index contributed by atoms with van der Waals surface area (Å²) in [5.41, 5.74) is 0.498. The van der Waals surface area contributed by atoms with Gasteiger partial charge in [0, 0.05) is 32.5 Å². The molecule has 0 aliphatic carbocycles. The van der Waals surface area contributed by atoms with Crippen molar-refractivity contribution in [2.75, 3.05) is 32.8 Å². The minimum atomic E-state index is -0.101. The Morgan fingerprint density at radius 3 is 3.04 bits per heavy atom. The highest BCUT2D eigenvalue weighted by Gasteiger charge is 2.17. The Morgan fingerprint density at radius 2 is 2.30 bits per heavy atom. The van der Waals surface area contributed by atoms with Gasteiger partial charge in [0.15, 0.2) is 0 Å². The van der Waals surface area contributed by atoms with Crippen LogP contribution in [0.2, 0.25) is 0 Å². The third-order valence-corrected chi connectivity index (χ3v) is 3.88. The number of unbranched alkanes of at least 4 members (excludes halogenated alkanes) is 1. The molecule has 1 aromatic rings. The number of aromatic nitrogens is 2. The summed E-state index contributed by atoms with van der Waals surface area (Å²) in [6, 6.07) is 2.16. The molecule has 6 nitrogen and oxygen atoms in total. The quantitative estimate of drug-likeness (QED) is 0.674. The largest absolute Gasteiger partial charge is 0.381 e. The van der Waals surface area contributed by atoms with Crippen LogP contribution in [0.5, 0.6) is 0 Å². The van der Waals surface area contributed by atoms with E-state index in [1.807, 2.05) is 10.9 Å². The summed E-state index contributed by atoms with van der Waals surface area (Å²) >= 11 is 0. The van der Waals surface area contributed by atoms with Crippen LogP contribution in [0.1, 0.15) is 55.6 Å². The molecule has 1 aliphatic rings. The number of nitrogens with zero attached hydrogens (tertiary/aromatic N) is 2. The van der Waals surface area contributed by atoms with Gasteiger partial charge in [0.1, 0.15) is 5.69 Å². The van der Waals surface area contributed by atoms with E-state index in [9.17, 15) is 4.79 Å². The Labute approximate surface area is 144 Å². The fourth-order valence-electron chi connectivity index (χ4n) is 2.54. The molecular formula is C16H29ClN4O2. The molecule has 1 amide bonds. The number of hydrogen-bond donors (Lipinski definition) is 2. The van der Waals surface area contributed by atoms with Crippen LogP contribution in [0, 0.1) is 0 Å². The van der Waals surface area contributed by atoms with E-state index in [0.29, 0.717) is 24.9 Å². The maximum atomic E-state index is 12.0. The highest BCUT2D eigenvalue weighted by atomic mass is 35.5. The Balaban J connectivity index is 0.00000264. The molecule has 0 saturated carbocycles. The molecule has 0 bridgehead atoms. The van der Waals surface area contributed by atoms with Gasteiger partial charge in [-0.15, -0.1) is 12.4 Å². The van der Waals surface area contributed by atoms with E-state index in [4.69, 9.17) is 4.74 Å². The van der Waals surface area contributed by atoms with Crippen molar-refractivity contribution in [1.29, 1.82) is 0 Å². The van der Waals surface area contributed by atoms with Crippen LogP contribution in [-0.2, 0) is 4.74 Å². The van der Waals surface area contributed by atoms with E-state index >= 15 is 0 Å². The average Bonchev–Trinajstić information content (AvgIpc) is 3.05. The third-order valence-electron chi connectivity index (χ3n) is 3.88. The molecule has 1 aliphatic heterocycles. The Hall–Kier alpha value is -1.11. The molecule has 0 aromatic carbocycles.